The third-order valence-electron chi connectivity index (χ3n) is 6.07. The molecule has 3 aliphatic rings. The van der Waals surface area contributed by atoms with E-state index in [9.17, 15) is 19.2 Å². The molecule has 0 aromatic heterocycles. The summed E-state index contributed by atoms with van der Waals surface area (Å²) in [5, 5.41) is 13.0. The normalized spacial score (nSPS) is 22.4. The number of hydrogen-bond donors (Lipinski definition) is 2. The molecule has 154 valence electrons. The molecule has 0 saturated heterocycles. The molecule has 5 rings (SSSR count). The van der Waals surface area contributed by atoms with Gasteiger partial charge in [0.1, 0.15) is 23.1 Å². The molecular weight excluding hydrogens is 463 g/mol. The lowest BCUT2D eigenvalue weighted by atomic mass is 9.64. The predicted octanol–water partition coefficient (Wildman–Crippen LogP) is 4.00. The number of carbonyl (C=O) groups excluding carboxylic acids is 2. The summed E-state index contributed by atoms with van der Waals surface area (Å²) in [6, 6.07) is 13.0. The highest BCUT2D eigenvalue weighted by Crippen LogP contribution is 2.55. The van der Waals surface area contributed by atoms with Crippen LogP contribution in [0.15, 0.2) is 69.6 Å². The van der Waals surface area contributed by atoms with Gasteiger partial charge in [-0.25, -0.2) is 4.39 Å². The Hall–Kier alpha value is -3.44. The fraction of sp³-hybridized carbons (Fsp3) is 0.174. The van der Waals surface area contributed by atoms with Crippen LogP contribution in [0.3, 0.4) is 0 Å². The second kappa shape index (κ2) is 6.79. The number of nitrogens with two attached hydrogens (primary N) is 1. The lowest BCUT2D eigenvalue weighted by Gasteiger charge is -2.43. The third kappa shape index (κ3) is 2.53. The first-order valence-corrected chi connectivity index (χ1v) is 10.5. The van der Waals surface area contributed by atoms with Crippen LogP contribution in [0.1, 0.15) is 24.8 Å². The lowest BCUT2D eigenvalue weighted by Crippen LogP contribution is -2.50. The zero-order chi connectivity index (χ0) is 21.9. The summed E-state index contributed by atoms with van der Waals surface area (Å²) in [4.78, 5) is 28.4. The van der Waals surface area contributed by atoms with E-state index in [4.69, 9.17) is 5.73 Å². The van der Waals surface area contributed by atoms with Crippen molar-refractivity contribution < 1.29 is 14.0 Å². The minimum Gasteiger partial charge on any atom is -0.384 e. The van der Waals surface area contributed by atoms with Gasteiger partial charge in [-0.15, -0.1) is 0 Å². The number of rotatable bonds is 1. The van der Waals surface area contributed by atoms with Crippen molar-refractivity contribution in [3.63, 3.8) is 0 Å². The van der Waals surface area contributed by atoms with E-state index in [1.54, 1.807) is 23.1 Å². The molecule has 1 spiro atoms. The largest absolute Gasteiger partial charge is 0.384 e. The molecule has 0 fully saturated rings. The van der Waals surface area contributed by atoms with E-state index in [2.05, 4.69) is 27.3 Å². The maximum atomic E-state index is 13.5. The molecule has 2 aliphatic heterocycles. The lowest BCUT2D eigenvalue weighted by molar-refractivity contribution is -0.122. The molecule has 31 heavy (non-hydrogen) atoms. The molecular formula is C23H16BrFN4O2. The average Bonchev–Trinajstić information content (AvgIpc) is 3.02. The number of nitriles is 1. The Morgan fingerprint density at radius 2 is 1.90 bits per heavy atom. The van der Waals surface area contributed by atoms with E-state index in [1.165, 1.54) is 24.3 Å². The molecule has 6 nitrogen and oxygen atoms in total. The molecule has 0 bridgehead atoms. The molecule has 3 N–H and O–H groups in total. The summed E-state index contributed by atoms with van der Waals surface area (Å²) in [6.07, 6.45) is 1.36. The highest BCUT2D eigenvalue weighted by Gasteiger charge is 2.60. The Labute approximate surface area is 186 Å². The topological polar surface area (TPSA) is 99.2 Å². The van der Waals surface area contributed by atoms with Gasteiger partial charge >= 0.3 is 0 Å². The molecule has 1 atom stereocenters. The van der Waals surface area contributed by atoms with Crippen molar-refractivity contribution >= 4 is 39.0 Å². The summed E-state index contributed by atoms with van der Waals surface area (Å²) in [5.41, 5.74) is 7.32. The Morgan fingerprint density at radius 1 is 1.16 bits per heavy atom. The predicted molar refractivity (Wildman–Crippen MR) is 116 cm³/mol. The molecule has 1 unspecified atom stereocenters. The van der Waals surface area contributed by atoms with Crippen molar-refractivity contribution in [3.8, 4) is 6.07 Å². The van der Waals surface area contributed by atoms with Gasteiger partial charge in [-0.1, -0.05) is 15.9 Å². The smallest absolute Gasteiger partial charge is 0.245 e. The third-order valence-corrected chi connectivity index (χ3v) is 6.57. The number of allylic oxidation sites excluding steroid dienone is 1. The van der Waals surface area contributed by atoms with E-state index in [1.807, 2.05) is 0 Å². The van der Waals surface area contributed by atoms with Gasteiger partial charge < -0.3 is 11.1 Å². The van der Waals surface area contributed by atoms with Crippen LogP contribution >= 0.6 is 15.9 Å². The van der Waals surface area contributed by atoms with E-state index in [0.717, 1.165) is 0 Å². The molecule has 1 amide bonds. The molecule has 0 saturated carbocycles. The number of Topliss-reactive ketones (excluding diaryl/α,β-unsaturated/α-hetero) is 1. The second-order valence-electron chi connectivity index (χ2n) is 7.68. The molecule has 0 radical (unpaired) electrons. The maximum absolute atomic E-state index is 13.5. The van der Waals surface area contributed by atoms with E-state index < -0.39 is 17.1 Å². The highest BCUT2D eigenvalue weighted by atomic mass is 79.9. The zero-order valence-corrected chi connectivity index (χ0v) is 17.8. The number of benzene rings is 2. The fourth-order valence-corrected chi connectivity index (χ4v) is 5.21. The summed E-state index contributed by atoms with van der Waals surface area (Å²) in [6.45, 7) is 0. The van der Waals surface area contributed by atoms with E-state index in [-0.39, 0.29) is 29.2 Å². The number of hydrogen-bond acceptors (Lipinski definition) is 5. The summed E-state index contributed by atoms with van der Waals surface area (Å²) in [7, 11) is 0. The van der Waals surface area contributed by atoms with Gasteiger partial charge in [-0.05, 0) is 55.3 Å². The number of carbonyl (C=O) groups is 2. The SMILES string of the molecule is N#CC1=C(N)N(c2ccc(F)cc2)C2=C(C(=O)CCC2)C12C(=O)Nc1ccc(Br)cc12. The first-order chi connectivity index (χ1) is 14.9. The Kier molecular flexibility index (Phi) is 4.27. The van der Waals surface area contributed by atoms with Crippen LogP contribution in [0.2, 0.25) is 0 Å². The van der Waals surface area contributed by atoms with Gasteiger partial charge in [0.25, 0.3) is 0 Å². The van der Waals surface area contributed by atoms with Crippen molar-refractivity contribution in [1.29, 1.82) is 5.26 Å². The highest BCUT2D eigenvalue weighted by molar-refractivity contribution is 9.10. The van der Waals surface area contributed by atoms with Crippen LogP contribution in [-0.4, -0.2) is 11.7 Å². The number of amides is 1. The standard InChI is InChI=1S/C23H16BrFN4O2/c24-12-4-9-17-15(10-12)23(22(31)28-17)16(11-26)21(27)29(14-7-5-13(25)6-8-14)18-2-1-3-19(30)20(18)23/h4-10H,1-3,27H2,(H,28,31). The van der Waals surface area contributed by atoms with Gasteiger partial charge in [0.15, 0.2) is 5.78 Å². The Balaban J connectivity index is 1.88. The van der Waals surface area contributed by atoms with E-state index >= 15 is 0 Å². The molecule has 1 aliphatic carbocycles. The maximum Gasteiger partial charge on any atom is 0.245 e. The van der Waals surface area contributed by atoms with E-state index in [0.29, 0.717) is 39.9 Å². The quantitative estimate of drug-likeness (QED) is 0.645. The summed E-state index contributed by atoms with van der Waals surface area (Å²) >= 11 is 3.43. The van der Waals surface area contributed by atoms with Crippen LogP contribution in [0, 0.1) is 17.1 Å². The number of nitrogens with zero attached hydrogens (tertiary/aromatic N) is 2. The fourth-order valence-electron chi connectivity index (χ4n) is 4.85. The van der Waals surface area contributed by atoms with Crippen LogP contribution in [0.25, 0.3) is 0 Å². The van der Waals surface area contributed by atoms with Crippen LogP contribution in [-0.2, 0) is 15.0 Å². The minimum atomic E-state index is -1.61. The molecule has 2 aromatic rings. The van der Waals surface area contributed by atoms with Gasteiger partial charge in [-0.3, -0.25) is 14.5 Å². The Morgan fingerprint density at radius 3 is 2.61 bits per heavy atom. The Bertz CT molecular complexity index is 1280. The van der Waals surface area contributed by atoms with Gasteiger partial charge in [-0.2, -0.15) is 5.26 Å². The molecule has 2 heterocycles. The zero-order valence-electron chi connectivity index (χ0n) is 16.2. The molecule has 8 heteroatoms. The van der Waals surface area contributed by atoms with Crippen molar-refractivity contribution in [3.05, 3.63) is 81.0 Å². The molecule has 2 aromatic carbocycles. The van der Waals surface area contributed by atoms with Crippen LogP contribution in [0.4, 0.5) is 15.8 Å². The van der Waals surface area contributed by atoms with Crippen molar-refractivity contribution in [2.75, 3.05) is 10.2 Å². The van der Waals surface area contributed by atoms with Gasteiger partial charge in [0.2, 0.25) is 5.91 Å². The first kappa shape index (κ1) is 19.5. The second-order valence-corrected chi connectivity index (χ2v) is 8.59. The minimum absolute atomic E-state index is 0.0137. The monoisotopic (exact) mass is 478 g/mol. The first-order valence-electron chi connectivity index (χ1n) is 9.74. The van der Waals surface area contributed by atoms with Gasteiger partial charge in [0, 0.05) is 39.1 Å². The number of fused-ring (bicyclic) bond motifs is 3. The number of halogens is 2. The van der Waals surface area contributed by atoms with Crippen molar-refractivity contribution in [1.82, 2.24) is 0 Å². The van der Waals surface area contributed by atoms with Gasteiger partial charge in [0.05, 0.1) is 5.57 Å². The number of ketones is 1. The summed E-state index contributed by atoms with van der Waals surface area (Å²) < 4.78 is 14.3. The number of nitrogens with one attached hydrogen (secondary N) is 1. The average molecular weight is 479 g/mol. The van der Waals surface area contributed by atoms with Crippen molar-refractivity contribution in [2.45, 2.75) is 24.7 Å². The van der Waals surface area contributed by atoms with Crippen LogP contribution < -0.4 is 16.0 Å². The van der Waals surface area contributed by atoms with Crippen LogP contribution in [0.5, 0.6) is 0 Å². The van der Waals surface area contributed by atoms with Crippen molar-refractivity contribution in [2.24, 2.45) is 5.73 Å². The number of anilines is 2. The summed E-state index contributed by atoms with van der Waals surface area (Å²) in [5.74, 6) is -1.02.